The van der Waals surface area contributed by atoms with E-state index in [1.807, 2.05) is 0 Å². The lowest BCUT2D eigenvalue weighted by molar-refractivity contribution is 0.603. The molecule has 0 saturated carbocycles. The molecule has 1 aromatic carbocycles. The first kappa shape index (κ1) is 8.90. The highest BCUT2D eigenvalue weighted by molar-refractivity contribution is 5.68. The Labute approximate surface area is 89.9 Å². The first-order chi connectivity index (χ1) is 7.40. The molecule has 0 saturated heterocycles. The van der Waals surface area contributed by atoms with E-state index >= 15 is 0 Å². The Kier molecular flexibility index (Phi) is 1.98. The number of benzene rings is 1. The zero-order valence-electron chi connectivity index (χ0n) is 8.74. The Morgan fingerprint density at radius 3 is 3.07 bits per heavy atom. The van der Waals surface area contributed by atoms with Crippen LogP contribution in [0.4, 0.5) is 0 Å². The van der Waals surface area contributed by atoms with Gasteiger partial charge in [-0.3, -0.25) is 0 Å². The summed E-state index contributed by atoms with van der Waals surface area (Å²) in [4.78, 5) is 4.67. The Balaban J connectivity index is 2.34. The molecule has 0 spiro atoms. The predicted molar refractivity (Wildman–Crippen MR) is 61.4 cm³/mol. The van der Waals surface area contributed by atoms with E-state index in [0.717, 1.165) is 18.2 Å². The summed E-state index contributed by atoms with van der Waals surface area (Å²) in [6.45, 7) is 4.05. The number of hydrogen-bond donors (Lipinski definition) is 0. The molecular formula is C14H14N. The Morgan fingerprint density at radius 1 is 1.33 bits per heavy atom. The molecular weight excluding hydrogens is 182 g/mol. The molecule has 1 radical (unpaired) electrons. The maximum atomic E-state index is 4.67. The molecule has 1 aliphatic carbocycles. The Hall–Kier alpha value is -1.37. The number of fused-ring (bicyclic) bond motifs is 2. The van der Waals surface area contributed by atoms with Crippen molar-refractivity contribution in [2.24, 2.45) is 10.9 Å². The molecule has 0 amide bonds. The maximum absolute atomic E-state index is 4.67. The zero-order chi connectivity index (χ0) is 10.3. The van der Waals surface area contributed by atoms with Gasteiger partial charge in [0.15, 0.2) is 0 Å². The molecule has 1 aromatic rings. The minimum atomic E-state index is 0.609. The second-order valence-corrected chi connectivity index (χ2v) is 4.19. The lowest BCUT2D eigenvalue weighted by Crippen LogP contribution is -2.24. The molecule has 15 heavy (non-hydrogen) atoms. The molecule has 1 heteroatoms. The third-order valence-corrected chi connectivity index (χ3v) is 3.32. The maximum Gasteiger partial charge on any atom is 0.0712 e. The molecule has 3 rings (SSSR count). The van der Waals surface area contributed by atoms with Crippen molar-refractivity contribution in [3.63, 3.8) is 0 Å². The fraction of sp³-hybridized carbons (Fsp3) is 0.286. The number of allylic oxidation sites excluding steroid dienone is 2. The van der Waals surface area contributed by atoms with Crippen molar-refractivity contribution in [1.82, 2.24) is 0 Å². The van der Waals surface area contributed by atoms with Crippen molar-refractivity contribution in [2.75, 3.05) is 0 Å². The van der Waals surface area contributed by atoms with Gasteiger partial charge in [-0.05, 0) is 36.8 Å². The Morgan fingerprint density at radius 2 is 2.20 bits per heavy atom. The molecule has 0 aromatic heterocycles. The third kappa shape index (κ3) is 1.26. The van der Waals surface area contributed by atoms with Crippen molar-refractivity contribution >= 4 is 5.57 Å². The first-order valence-corrected chi connectivity index (χ1v) is 5.58. The van der Waals surface area contributed by atoms with Gasteiger partial charge in [-0.25, -0.2) is 4.99 Å². The fourth-order valence-electron chi connectivity index (χ4n) is 2.57. The summed E-state index contributed by atoms with van der Waals surface area (Å²) in [5.74, 6) is 0.609. The average molecular weight is 196 g/mol. The lowest BCUT2D eigenvalue weighted by Gasteiger charge is -2.20. The molecule has 1 unspecified atom stereocenters. The minimum absolute atomic E-state index is 0.609. The van der Waals surface area contributed by atoms with E-state index in [-0.39, 0.29) is 0 Å². The van der Waals surface area contributed by atoms with E-state index in [2.05, 4.69) is 42.3 Å². The monoisotopic (exact) mass is 196 g/mol. The van der Waals surface area contributed by atoms with Crippen LogP contribution in [0.25, 0.3) is 5.57 Å². The molecule has 1 atom stereocenters. The Bertz CT molecular complexity index is 537. The summed E-state index contributed by atoms with van der Waals surface area (Å²) in [5.41, 5.74) is 2.64. The van der Waals surface area contributed by atoms with Crippen LogP contribution in [0.1, 0.15) is 19.3 Å². The van der Waals surface area contributed by atoms with Gasteiger partial charge in [0.2, 0.25) is 0 Å². The van der Waals surface area contributed by atoms with E-state index in [0.29, 0.717) is 5.92 Å². The standard InChI is InChI=1S/C14H14N/c1-2-10-6-5-9-13-14(10)11-7-3-4-8-12(11)15-13/h3-4,7-10H,1-2,5-6H2. The van der Waals surface area contributed by atoms with Crippen molar-refractivity contribution < 1.29 is 0 Å². The highest BCUT2D eigenvalue weighted by Gasteiger charge is 2.23. The van der Waals surface area contributed by atoms with Crippen molar-refractivity contribution in [3.8, 4) is 0 Å². The molecule has 1 heterocycles. The van der Waals surface area contributed by atoms with Crippen molar-refractivity contribution in [3.05, 3.63) is 53.5 Å². The number of rotatable bonds is 1. The van der Waals surface area contributed by atoms with Crippen LogP contribution in [0, 0.1) is 12.8 Å². The summed E-state index contributed by atoms with van der Waals surface area (Å²) < 4.78 is 0. The smallest absolute Gasteiger partial charge is 0.0712 e. The summed E-state index contributed by atoms with van der Waals surface area (Å²) in [6.07, 6.45) is 5.63. The van der Waals surface area contributed by atoms with Crippen LogP contribution in [0.2, 0.25) is 0 Å². The van der Waals surface area contributed by atoms with E-state index in [4.69, 9.17) is 0 Å². The van der Waals surface area contributed by atoms with Gasteiger partial charge in [-0.2, -0.15) is 0 Å². The summed E-state index contributed by atoms with van der Waals surface area (Å²) in [7, 11) is 0. The molecule has 1 nitrogen and oxygen atoms in total. The molecule has 1 aliphatic heterocycles. The van der Waals surface area contributed by atoms with Gasteiger partial charge >= 0.3 is 0 Å². The van der Waals surface area contributed by atoms with Gasteiger partial charge in [0.25, 0.3) is 0 Å². The van der Waals surface area contributed by atoms with Gasteiger partial charge in [-0.1, -0.05) is 31.2 Å². The van der Waals surface area contributed by atoms with Crippen LogP contribution in [-0.2, 0) is 0 Å². The van der Waals surface area contributed by atoms with Gasteiger partial charge in [0.1, 0.15) is 0 Å². The van der Waals surface area contributed by atoms with Crippen LogP contribution >= 0.6 is 0 Å². The van der Waals surface area contributed by atoms with Crippen molar-refractivity contribution in [2.45, 2.75) is 19.3 Å². The molecule has 0 fully saturated rings. The second-order valence-electron chi connectivity index (χ2n) is 4.19. The van der Waals surface area contributed by atoms with Crippen LogP contribution in [0.15, 0.2) is 41.0 Å². The molecule has 2 aliphatic rings. The van der Waals surface area contributed by atoms with Crippen LogP contribution < -0.4 is 10.6 Å². The predicted octanol–water partition coefficient (Wildman–Crippen LogP) is 1.99. The second kappa shape index (κ2) is 3.34. The zero-order valence-corrected chi connectivity index (χ0v) is 8.74. The quantitative estimate of drug-likeness (QED) is 0.651. The van der Waals surface area contributed by atoms with E-state index in [1.54, 1.807) is 0 Å². The summed E-state index contributed by atoms with van der Waals surface area (Å²) in [6, 6.07) is 8.43. The van der Waals surface area contributed by atoms with Gasteiger partial charge in [0, 0.05) is 5.22 Å². The lowest BCUT2D eigenvalue weighted by atomic mass is 9.85. The number of para-hydroxylation sites is 1. The molecule has 0 bridgehead atoms. The minimum Gasteiger partial charge on any atom is -0.248 e. The summed E-state index contributed by atoms with van der Waals surface area (Å²) in [5, 5.41) is 2.47. The van der Waals surface area contributed by atoms with E-state index in [1.165, 1.54) is 22.9 Å². The fourth-order valence-corrected chi connectivity index (χ4v) is 2.57. The number of nitrogens with zero attached hydrogens (tertiary/aromatic N) is 1. The van der Waals surface area contributed by atoms with Gasteiger partial charge in [-0.15, -0.1) is 0 Å². The van der Waals surface area contributed by atoms with E-state index < -0.39 is 0 Å². The largest absolute Gasteiger partial charge is 0.248 e. The van der Waals surface area contributed by atoms with Gasteiger partial charge < -0.3 is 0 Å². The molecule has 75 valence electrons. The third-order valence-electron chi connectivity index (χ3n) is 3.32. The highest BCUT2D eigenvalue weighted by atomic mass is 14.8. The molecule has 0 N–H and O–H groups in total. The van der Waals surface area contributed by atoms with E-state index in [9.17, 15) is 0 Å². The highest BCUT2D eigenvalue weighted by Crippen LogP contribution is 2.33. The first-order valence-electron chi connectivity index (χ1n) is 5.58. The van der Waals surface area contributed by atoms with Crippen molar-refractivity contribution in [1.29, 1.82) is 0 Å². The van der Waals surface area contributed by atoms with Crippen LogP contribution in [0.5, 0.6) is 0 Å². The average Bonchev–Trinajstić information content (AvgIpc) is 2.67. The van der Waals surface area contributed by atoms with Crippen LogP contribution in [0.3, 0.4) is 0 Å². The normalized spacial score (nSPS) is 22.9. The summed E-state index contributed by atoms with van der Waals surface area (Å²) >= 11 is 0. The van der Waals surface area contributed by atoms with Gasteiger partial charge in [0.05, 0.1) is 11.1 Å². The van der Waals surface area contributed by atoms with Crippen LogP contribution in [-0.4, -0.2) is 0 Å². The SMILES string of the molecule is [CH2]CC1CCC=C2N=c3ccccc3=C21. The topological polar surface area (TPSA) is 12.4 Å². The number of hydrogen-bond acceptors (Lipinski definition) is 1.